The van der Waals surface area contributed by atoms with E-state index in [4.69, 9.17) is 5.73 Å². The third-order valence-electron chi connectivity index (χ3n) is 3.46. The first-order valence-electron chi connectivity index (χ1n) is 6.78. The molecule has 2 aromatic carbocycles. The van der Waals surface area contributed by atoms with Crippen molar-refractivity contribution in [2.45, 2.75) is 19.8 Å². The highest BCUT2D eigenvalue weighted by molar-refractivity contribution is 9.10. The summed E-state index contributed by atoms with van der Waals surface area (Å²) in [6, 6.07) is 13.3. The zero-order valence-electron chi connectivity index (χ0n) is 11.6. The van der Waals surface area contributed by atoms with Crippen molar-refractivity contribution in [3.05, 3.63) is 69.4 Å². The van der Waals surface area contributed by atoms with Gasteiger partial charge in [0.2, 0.25) is 0 Å². The van der Waals surface area contributed by atoms with Gasteiger partial charge in [-0.25, -0.2) is 4.39 Å². The van der Waals surface area contributed by atoms with Crippen LogP contribution >= 0.6 is 15.9 Å². The molecule has 106 valence electrons. The van der Waals surface area contributed by atoms with Crippen LogP contribution in [0.5, 0.6) is 0 Å². The van der Waals surface area contributed by atoms with Crippen LogP contribution in [0.2, 0.25) is 0 Å². The Bertz CT molecular complexity index is 583. The van der Waals surface area contributed by atoms with Gasteiger partial charge in [-0.3, -0.25) is 0 Å². The molecule has 0 amide bonds. The van der Waals surface area contributed by atoms with Crippen LogP contribution in [0.15, 0.2) is 46.9 Å². The fraction of sp³-hybridized carbons (Fsp3) is 0.294. The molecule has 1 unspecified atom stereocenters. The van der Waals surface area contributed by atoms with E-state index in [1.807, 2.05) is 0 Å². The normalized spacial score (nSPS) is 12.4. The lowest BCUT2D eigenvalue weighted by Gasteiger charge is -2.16. The van der Waals surface area contributed by atoms with Gasteiger partial charge in [-0.05, 0) is 61.6 Å². The lowest BCUT2D eigenvalue weighted by Crippen LogP contribution is -2.19. The van der Waals surface area contributed by atoms with E-state index in [0.29, 0.717) is 12.5 Å². The Labute approximate surface area is 128 Å². The predicted octanol–water partition coefficient (Wildman–Crippen LogP) is 4.26. The molecule has 0 saturated heterocycles. The van der Waals surface area contributed by atoms with Gasteiger partial charge in [0.15, 0.2) is 0 Å². The minimum Gasteiger partial charge on any atom is -0.330 e. The van der Waals surface area contributed by atoms with Gasteiger partial charge in [-0.15, -0.1) is 0 Å². The van der Waals surface area contributed by atoms with Crippen molar-refractivity contribution in [2.24, 2.45) is 11.7 Å². The Balaban J connectivity index is 2.11. The third-order valence-corrected chi connectivity index (χ3v) is 4.23. The number of benzene rings is 2. The van der Waals surface area contributed by atoms with E-state index >= 15 is 0 Å². The predicted molar refractivity (Wildman–Crippen MR) is 85.2 cm³/mol. The Hall–Kier alpha value is -1.19. The van der Waals surface area contributed by atoms with Gasteiger partial charge < -0.3 is 5.73 Å². The first-order chi connectivity index (χ1) is 9.58. The first kappa shape index (κ1) is 15.2. The molecule has 0 aliphatic heterocycles. The molecule has 3 heteroatoms. The van der Waals surface area contributed by atoms with Gasteiger partial charge in [0.05, 0.1) is 0 Å². The largest absolute Gasteiger partial charge is 0.330 e. The minimum atomic E-state index is -0.200. The molecule has 0 fully saturated rings. The fourth-order valence-electron chi connectivity index (χ4n) is 2.42. The zero-order chi connectivity index (χ0) is 14.5. The topological polar surface area (TPSA) is 26.0 Å². The lowest BCUT2D eigenvalue weighted by atomic mass is 9.92. The lowest BCUT2D eigenvalue weighted by molar-refractivity contribution is 0.529. The molecule has 0 aromatic heterocycles. The van der Waals surface area contributed by atoms with E-state index < -0.39 is 0 Å². The van der Waals surface area contributed by atoms with E-state index in [9.17, 15) is 4.39 Å². The van der Waals surface area contributed by atoms with Crippen LogP contribution in [-0.2, 0) is 12.8 Å². The van der Waals surface area contributed by atoms with Crippen LogP contribution in [0.25, 0.3) is 0 Å². The highest BCUT2D eigenvalue weighted by Gasteiger charge is 2.12. The second-order valence-electron chi connectivity index (χ2n) is 5.23. The number of nitrogens with two attached hydrogens (primary N) is 1. The molecular weight excluding hydrogens is 317 g/mol. The first-order valence-corrected chi connectivity index (χ1v) is 7.57. The Kier molecular flexibility index (Phi) is 5.32. The molecule has 0 aliphatic rings. The number of rotatable bonds is 5. The summed E-state index contributed by atoms with van der Waals surface area (Å²) in [7, 11) is 0. The van der Waals surface area contributed by atoms with Crippen molar-refractivity contribution in [1.29, 1.82) is 0 Å². The molecule has 1 nitrogen and oxygen atoms in total. The van der Waals surface area contributed by atoms with Gasteiger partial charge in [0.25, 0.3) is 0 Å². The van der Waals surface area contributed by atoms with Crippen LogP contribution in [0, 0.1) is 18.7 Å². The van der Waals surface area contributed by atoms with Gasteiger partial charge in [-0.1, -0.05) is 45.8 Å². The SMILES string of the molecule is Cc1cccc(CC(CN)Cc2cc(F)ccc2Br)c1. The molecule has 1 atom stereocenters. The van der Waals surface area contributed by atoms with Crippen LogP contribution in [-0.4, -0.2) is 6.54 Å². The van der Waals surface area contributed by atoms with Crippen LogP contribution < -0.4 is 5.73 Å². The summed E-state index contributed by atoms with van der Waals surface area (Å²) in [5.74, 6) is 0.115. The summed E-state index contributed by atoms with van der Waals surface area (Å²) in [5.41, 5.74) is 9.41. The van der Waals surface area contributed by atoms with E-state index in [1.165, 1.54) is 17.2 Å². The molecule has 0 radical (unpaired) electrons. The maximum absolute atomic E-state index is 13.3. The molecule has 0 bridgehead atoms. The maximum Gasteiger partial charge on any atom is 0.123 e. The number of halogens is 2. The quantitative estimate of drug-likeness (QED) is 0.868. The van der Waals surface area contributed by atoms with Crippen molar-refractivity contribution < 1.29 is 4.39 Å². The average Bonchev–Trinajstić information content (AvgIpc) is 2.42. The van der Waals surface area contributed by atoms with Crippen LogP contribution in [0.1, 0.15) is 16.7 Å². The van der Waals surface area contributed by atoms with Gasteiger partial charge in [0.1, 0.15) is 5.82 Å². The van der Waals surface area contributed by atoms with Crippen molar-refractivity contribution in [3.8, 4) is 0 Å². The summed E-state index contributed by atoms with van der Waals surface area (Å²) in [6.45, 7) is 2.68. The molecule has 0 heterocycles. The standard InChI is InChI=1S/C17H19BrFN/c1-12-3-2-4-13(7-12)8-14(11-20)9-15-10-16(19)5-6-17(15)18/h2-7,10,14H,8-9,11,20H2,1H3. The monoisotopic (exact) mass is 335 g/mol. The van der Waals surface area contributed by atoms with E-state index in [2.05, 4.69) is 47.1 Å². The summed E-state index contributed by atoms with van der Waals surface area (Å²) >= 11 is 3.48. The molecule has 0 saturated carbocycles. The summed E-state index contributed by atoms with van der Waals surface area (Å²) in [4.78, 5) is 0. The van der Waals surface area contributed by atoms with Crippen LogP contribution in [0.4, 0.5) is 4.39 Å². The molecule has 20 heavy (non-hydrogen) atoms. The summed E-state index contributed by atoms with van der Waals surface area (Å²) in [5, 5.41) is 0. The second-order valence-corrected chi connectivity index (χ2v) is 6.09. The molecule has 2 aromatic rings. The van der Waals surface area contributed by atoms with E-state index in [1.54, 1.807) is 12.1 Å². The smallest absolute Gasteiger partial charge is 0.123 e. The molecular formula is C17H19BrFN. The zero-order valence-corrected chi connectivity index (χ0v) is 13.2. The maximum atomic E-state index is 13.3. The summed E-state index contributed by atoms with van der Waals surface area (Å²) < 4.78 is 14.3. The second kappa shape index (κ2) is 7.00. The number of aryl methyl sites for hydroxylation is 1. The highest BCUT2D eigenvalue weighted by atomic mass is 79.9. The van der Waals surface area contributed by atoms with Crippen molar-refractivity contribution in [2.75, 3.05) is 6.54 Å². The average molecular weight is 336 g/mol. The van der Waals surface area contributed by atoms with Gasteiger partial charge in [0, 0.05) is 4.47 Å². The molecule has 2 N–H and O–H groups in total. The minimum absolute atomic E-state index is 0.200. The van der Waals surface area contributed by atoms with E-state index in [0.717, 1.165) is 22.9 Å². The Morgan fingerprint density at radius 2 is 1.95 bits per heavy atom. The highest BCUT2D eigenvalue weighted by Crippen LogP contribution is 2.22. The third kappa shape index (κ3) is 4.15. The van der Waals surface area contributed by atoms with Gasteiger partial charge >= 0.3 is 0 Å². The fourth-order valence-corrected chi connectivity index (χ4v) is 2.83. The van der Waals surface area contributed by atoms with Crippen LogP contribution in [0.3, 0.4) is 0 Å². The Morgan fingerprint density at radius 3 is 2.65 bits per heavy atom. The number of hydrogen-bond donors (Lipinski definition) is 1. The number of hydrogen-bond acceptors (Lipinski definition) is 1. The molecule has 0 aliphatic carbocycles. The van der Waals surface area contributed by atoms with E-state index in [-0.39, 0.29) is 5.82 Å². The summed E-state index contributed by atoms with van der Waals surface area (Å²) in [6.07, 6.45) is 1.70. The van der Waals surface area contributed by atoms with Crippen molar-refractivity contribution in [1.82, 2.24) is 0 Å². The van der Waals surface area contributed by atoms with Crippen molar-refractivity contribution in [3.63, 3.8) is 0 Å². The molecule has 2 rings (SSSR count). The Morgan fingerprint density at radius 1 is 1.15 bits per heavy atom. The van der Waals surface area contributed by atoms with Gasteiger partial charge in [-0.2, -0.15) is 0 Å². The molecule has 0 spiro atoms. The van der Waals surface area contributed by atoms with Crippen molar-refractivity contribution >= 4 is 15.9 Å².